The molecule has 0 aliphatic carbocycles. The van der Waals surface area contributed by atoms with Crippen LogP contribution in [0.2, 0.25) is 0 Å². The number of benzene rings is 1. The average Bonchev–Trinajstić information content (AvgIpc) is 2.72. The zero-order chi connectivity index (χ0) is 20.3. The number of methoxy groups -OCH3 is 2. The first-order chi connectivity index (χ1) is 13.5. The molecule has 0 saturated carbocycles. The molecule has 2 heterocycles. The number of rotatable bonds is 5. The topological polar surface area (TPSA) is 107 Å². The van der Waals surface area contributed by atoms with Gasteiger partial charge in [0.05, 0.1) is 14.2 Å². The standard InChI is InChI=1S/C20H20N4O4/c1-11(2)13-10-14(25)23-24-16(13)17-15(12-8-6-5-7-9-12)22-19(27-3)18(21-17)20(26)28-4/h5-11H,1-4H3,(H,23,25). The van der Waals surface area contributed by atoms with E-state index in [-0.39, 0.29) is 23.1 Å². The van der Waals surface area contributed by atoms with Gasteiger partial charge in [-0.1, -0.05) is 44.2 Å². The van der Waals surface area contributed by atoms with Crippen molar-refractivity contribution in [1.29, 1.82) is 0 Å². The molecular weight excluding hydrogens is 360 g/mol. The van der Waals surface area contributed by atoms with Gasteiger partial charge in [-0.15, -0.1) is 0 Å². The molecule has 0 aliphatic heterocycles. The van der Waals surface area contributed by atoms with Crippen LogP contribution in [0.4, 0.5) is 0 Å². The number of carbonyl (C=O) groups excluding carboxylic acids is 1. The quantitative estimate of drug-likeness (QED) is 0.678. The highest BCUT2D eigenvalue weighted by molar-refractivity contribution is 5.92. The van der Waals surface area contributed by atoms with Gasteiger partial charge in [-0.25, -0.2) is 19.9 Å². The van der Waals surface area contributed by atoms with Gasteiger partial charge in [-0.3, -0.25) is 4.79 Å². The van der Waals surface area contributed by atoms with E-state index >= 15 is 0 Å². The number of aromatic amines is 1. The maximum Gasteiger partial charge on any atom is 0.362 e. The molecule has 2 aromatic heterocycles. The van der Waals surface area contributed by atoms with E-state index in [0.29, 0.717) is 22.6 Å². The number of aromatic nitrogens is 4. The molecular formula is C20H20N4O4. The summed E-state index contributed by atoms with van der Waals surface area (Å²) in [5.74, 6) is -0.635. The second-order valence-electron chi connectivity index (χ2n) is 6.33. The number of H-pyrrole nitrogens is 1. The fraction of sp³-hybridized carbons (Fsp3) is 0.250. The molecule has 0 unspecified atom stereocenters. The molecule has 144 valence electrons. The SMILES string of the molecule is COC(=O)c1nc(-c2n[nH]c(=O)cc2C(C)C)c(-c2ccccc2)nc1OC. The molecule has 0 atom stereocenters. The van der Waals surface area contributed by atoms with Crippen LogP contribution in [0.3, 0.4) is 0 Å². The second-order valence-corrected chi connectivity index (χ2v) is 6.33. The molecule has 0 radical (unpaired) electrons. The Morgan fingerprint density at radius 1 is 1.04 bits per heavy atom. The summed E-state index contributed by atoms with van der Waals surface area (Å²) in [6.07, 6.45) is 0. The average molecular weight is 380 g/mol. The minimum Gasteiger partial charge on any atom is -0.479 e. The van der Waals surface area contributed by atoms with E-state index in [0.717, 1.165) is 5.56 Å². The maximum absolute atomic E-state index is 12.2. The number of esters is 1. The van der Waals surface area contributed by atoms with Crippen LogP contribution in [0.25, 0.3) is 22.6 Å². The Bertz CT molecular complexity index is 1060. The van der Waals surface area contributed by atoms with Crippen molar-refractivity contribution < 1.29 is 14.3 Å². The van der Waals surface area contributed by atoms with Crippen LogP contribution < -0.4 is 10.3 Å². The molecule has 0 aliphatic rings. The van der Waals surface area contributed by atoms with Crippen LogP contribution in [-0.2, 0) is 4.74 Å². The van der Waals surface area contributed by atoms with E-state index in [2.05, 4.69) is 20.2 Å². The summed E-state index contributed by atoms with van der Waals surface area (Å²) in [7, 11) is 2.66. The number of hydrogen-bond acceptors (Lipinski definition) is 7. The predicted molar refractivity (Wildman–Crippen MR) is 103 cm³/mol. The van der Waals surface area contributed by atoms with Gasteiger partial charge >= 0.3 is 5.97 Å². The van der Waals surface area contributed by atoms with E-state index in [1.54, 1.807) is 0 Å². The molecule has 0 saturated heterocycles. The number of ether oxygens (including phenoxy) is 2. The second kappa shape index (κ2) is 7.99. The maximum atomic E-state index is 12.2. The predicted octanol–water partition coefficient (Wildman–Crippen LogP) is 2.81. The Balaban J connectivity index is 2.39. The lowest BCUT2D eigenvalue weighted by Gasteiger charge is -2.15. The minimum atomic E-state index is -0.680. The highest BCUT2D eigenvalue weighted by Gasteiger charge is 2.25. The van der Waals surface area contributed by atoms with Gasteiger partial charge in [0.1, 0.15) is 17.1 Å². The van der Waals surface area contributed by atoms with Crippen LogP contribution in [0, 0.1) is 0 Å². The normalized spacial score (nSPS) is 10.8. The van der Waals surface area contributed by atoms with Gasteiger partial charge in [-0.2, -0.15) is 5.10 Å². The van der Waals surface area contributed by atoms with Crippen LogP contribution in [0.5, 0.6) is 5.88 Å². The number of carbonyl (C=O) groups is 1. The van der Waals surface area contributed by atoms with E-state index < -0.39 is 5.97 Å². The van der Waals surface area contributed by atoms with Gasteiger partial charge in [0.25, 0.3) is 5.56 Å². The summed E-state index contributed by atoms with van der Waals surface area (Å²) >= 11 is 0. The minimum absolute atomic E-state index is 0.00102. The van der Waals surface area contributed by atoms with Gasteiger partial charge in [0.15, 0.2) is 0 Å². The van der Waals surface area contributed by atoms with Crippen LogP contribution in [0.1, 0.15) is 35.8 Å². The molecule has 1 aromatic carbocycles. The Labute approximate surface area is 161 Å². The molecule has 3 rings (SSSR count). The first-order valence-electron chi connectivity index (χ1n) is 8.66. The molecule has 0 amide bonds. The third-order valence-corrected chi connectivity index (χ3v) is 4.17. The fourth-order valence-corrected chi connectivity index (χ4v) is 2.80. The summed E-state index contributed by atoms with van der Waals surface area (Å²) in [4.78, 5) is 33.0. The Hall–Kier alpha value is -3.55. The summed E-state index contributed by atoms with van der Waals surface area (Å²) in [6.45, 7) is 3.89. The molecule has 8 heteroatoms. The van der Waals surface area contributed by atoms with Crippen molar-refractivity contribution >= 4 is 5.97 Å². The highest BCUT2D eigenvalue weighted by atomic mass is 16.5. The van der Waals surface area contributed by atoms with Crippen molar-refractivity contribution in [3.05, 3.63) is 58.0 Å². The molecule has 1 N–H and O–H groups in total. The lowest BCUT2D eigenvalue weighted by Crippen LogP contribution is -2.15. The van der Waals surface area contributed by atoms with E-state index in [1.165, 1.54) is 20.3 Å². The Morgan fingerprint density at radius 2 is 1.75 bits per heavy atom. The summed E-state index contributed by atoms with van der Waals surface area (Å²) in [6, 6.07) is 10.8. The first-order valence-corrected chi connectivity index (χ1v) is 8.66. The lowest BCUT2D eigenvalue weighted by atomic mass is 9.98. The van der Waals surface area contributed by atoms with Gasteiger partial charge in [0, 0.05) is 11.6 Å². The van der Waals surface area contributed by atoms with Crippen molar-refractivity contribution in [3.8, 4) is 28.5 Å². The summed E-state index contributed by atoms with van der Waals surface area (Å²) in [5, 5.41) is 6.65. The monoisotopic (exact) mass is 380 g/mol. The Morgan fingerprint density at radius 3 is 2.36 bits per heavy atom. The lowest BCUT2D eigenvalue weighted by molar-refractivity contribution is 0.0589. The third-order valence-electron chi connectivity index (χ3n) is 4.17. The van der Waals surface area contributed by atoms with Crippen molar-refractivity contribution in [3.63, 3.8) is 0 Å². The number of nitrogens with zero attached hydrogens (tertiary/aromatic N) is 3. The van der Waals surface area contributed by atoms with Crippen molar-refractivity contribution in [2.75, 3.05) is 14.2 Å². The zero-order valence-corrected chi connectivity index (χ0v) is 16.0. The van der Waals surface area contributed by atoms with Gasteiger partial charge in [-0.05, 0) is 11.5 Å². The summed E-state index contributed by atoms with van der Waals surface area (Å²) < 4.78 is 10.1. The number of hydrogen-bond donors (Lipinski definition) is 1. The van der Waals surface area contributed by atoms with Crippen molar-refractivity contribution in [2.24, 2.45) is 0 Å². The van der Waals surface area contributed by atoms with Crippen LogP contribution >= 0.6 is 0 Å². The summed E-state index contributed by atoms with van der Waals surface area (Å²) in [5.41, 5.74) is 2.34. The van der Waals surface area contributed by atoms with E-state index in [9.17, 15) is 9.59 Å². The van der Waals surface area contributed by atoms with Crippen LogP contribution in [-0.4, -0.2) is 40.4 Å². The Kier molecular flexibility index (Phi) is 5.49. The van der Waals surface area contributed by atoms with Gasteiger partial charge < -0.3 is 9.47 Å². The third kappa shape index (κ3) is 3.62. The van der Waals surface area contributed by atoms with Crippen molar-refractivity contribution in [1.82, 2.24) is 20.2 Å². The molecule has 0 bridgehead atoms. The molecule has 3 aromatic rings. The van der Waals surface area contributed by atoms with Crippen molar-refractivity contribution in [2.45, 2.75) is 19.8 Å². The fourth-order valence-electron chi connectivity index (χ4n) is 2.80. The highest BCUT2D eigenvalue weighted by Crippen LogP contribution is 2.34. The zero-order valence-electron chi connectivity index (χ0n) is 16.0. The first kappa shape index (κ1) is 19.2. The molecule has 0 fully saturated rings. The van der Waals surface area contributed by atoms with E-state index in [4.69, 9.17) is 9.47 Å². The van der Waals surface area contributed by atoms with Gasteiger partial charge in [0.2, 0.25) is 11.6 Å². The van der Waals surface area contributed by atoms with Crippen LogP contribution in [0.15, 0.2) is 41.2 Å². The smallest absolute Gasteiger partial charge is 0.362 e. The largest absolute Gasteiger partial charge is 0.479 e. The molecule has 8 nitrogen and oxygen atoms in total. The number of nitrogens with one attached hydrogen (secondary N) is 1. The molecule has 0 spiro atoms. The molecule has 28 heavy (non-hydrogen) atoms. The van der Waals surface area contributed by atoms with E-state index in [1.807, 2.05) is 44.2 Å².